The fraction of sp³-hybridized carbons (Fsp3) is 0.0690. The van der Waals surface area contributed by atoms with Gasteiger partial charge in [0.05, 0.1) is 16.6 Å². The second-order valence-corrected chi connectivity index (χ2v) is 15.9. The first-order chi connectivity index (χ1) is 30.4. The number of benzene rings is 8. The van der Waals surface area contributed by atoms with Crippen molar-refractivity contribution >= 4 is 11.0 Å². The van der Waals surface area contributed by atoms with E-state index in [1.165, 1.54) is 27.8 Å². The Morgan fingerprint density at radius 3 is 1.83 bits per heavy atom. The maximum atomic E-state index is 11.7. The third kappa shape index (κ3) is 8.07. The Balaban J connectivity index is 0.00000504. The molecule has 4 nitrogen and oxygen atoms in total. The number of fused-ring (bicyclic) bond motifs is 1. The molecule has 1 N–H and O–H groups in total. The molecule has 0 saturated heterocycles. The van der Waals surface area contributed by atoms with Gasteiger partial charge in [0.25, 0.3) is 0 Å². The van der Waals surface area contributed by atoms with Crippen molar-refractivity contribution in [2.75, 3.05) is 0 Å². The van der Waals surface area contributed by atoms with E-state index < -0.39 is 0 Å². The van der Waals surface area contributed by atoms with Crippen LogP contribution in [0.2, 0.25) is 0 Å². The minimum Gasteiger partial charge on any atom is -0.507 e. The molecule has 0 aliphatic heterocycles. The number of aryl methyl sites for hydroxylation is 3. The molecule has 0 radical (unpaired) electrons. The minimum atomic E-state index is 0. The largest absolute Gasteiger partial charge is 0.507 e. The molecule has 0 fully saturated rings. The van der Waals surface area contributed by atoms with Crippen LogP contribution in [-0.4, -0.2) is 19.6 Å². The van der Waals surface area contributed by atoms with Gasteiger partial charge in [0.1, 0.15) is 11.6 Å². The third-order valence-electron chi connectivity index (χ3n) is 11.8. The van der Waals surface area contributed by atoms with Crippen LogP contribution in [0.15, 0.2) is 194 Å². The number of aromatic nitrogens is 3. The van der Waals surface area contributed by atoms with E-state index >= 15 is 0 Å². The average molecular weight is 994 g/mol. The van der Waals surface area contributed by atoms with Crippen molar-refractivity contribution < 1.29 is 26.2 Å². The first kappa shape index (κ1) is 41.2. The van der Waals surface area contributed by atoms with Gasteiger partial charge in [-0.2, -0.15) is 0 Å². The number of phenols is 1. The van der Waals surface area contributed by atoms with Gasteiger partial charge in [-0.3, -0.25) is 9.55 Å². The van der Waals surface area contributed by atoms with Gasteiger partial charge in [-0.05, 0) is 106 Å². The molecular formula is C58H44N3OPt-. The molecule has 0 aliphatic rings. The molecule has 2 aromatic heterocycles. The monoisotopic (exact) mass is 993 g/mol. The summed E-state index contributed by atoms with van der Waals surface area (Å²) >= 11 is 0. The topological polar surface area (TPSA) is 50.9 Å². The number of nitrogens with zero attached hydrogens (tertiary/aromatic N) is 3. The van der Waals surface area contributed by atoms with Crippen LogP contribution in [0.25, 0.3) is 95.0 Å². The van der Waals surface area contributed by atoms with E-state index in [9.17, 15) is 5.11 Å². The maximum Gasteiger partial charge on any atom is 0.148 e. The third-order valence-corrected chi connectivity index (χ3v) is 11.8. The van der Waals surface area contributed by atoms with Crippen molar-refractivity contribution in [3.63, 3.8) is 0 Å². The van der Waals surface area contributed by atoms with Gasteiger partial charge in [-0.1, -0.05) is 169 Å². The first-order valence-electron chi connectivity index (χ1n) is 21.2. The van der Waals surface area contributed by atoms with Gasteiger partial charge in [-0.15, -0.1) is 23.8 Å². The smallest absolute Gasteiger partial charge is 0.148 e. The van der Waals surface area contributed by atoms with Crippen LogP contribution in [0.3, 0.4) is 0 Å². The molecule has 10 aromatic rings. The van der Waals surface area contributed by atoms with Crippen LogP contribution >= 0.6 is 0 Å². The Kier molecular flexibility index (Phi) is 11.6. The molecule has 0 atom stereocenters. The average Bonchev–Trinajstić information content (AvgIpc) is 3.73. The number of aromatic hydroxyl groups is 1. The molecule has 5 heteroatoms. The van der Waals surface area contributed by atoms with Crippen molar-refractivity contribution in [1.82, 2.24) is 14.5 Å². The van der Waals surface area contributed by atoms with E-state index in [-0.39, 0.29) is 26.8 Å². The summed E-state index contributed by atoms with van der Waals surface area (Å²) in [5.41, 5.74) is 19.2. The number of rotatable bonds is 9. The van der Waals surface area contributed by atoms with Crippen LogP contribution in [-0.2, 0) is 27.5 Å². The summed E-state index contributed by atoms with van der Waals surface area (Å²) in [6.07, 6.45) is 2.75. The van der Waals surface area contributed by atoms with Gasteiger partial charge in [0.2, 0.25) is 0 Å². The molecule has 0 bridgehead atoms. The van der Waals surface area contributed by atoms with E-state index in [0.29, 0.717) is 11.4 Å². The molecule has 63 heavy (non-hydrogen) atoms. The van der Waals surface area contributed by atoms with Crippen LogP contribution in [0.1, 0.15) is 23.6 Å². The Labute approximate surface area is 383 Å². The van der Waals surface area contributed by atoms with Crippen molar-refractivity contribution in [1.29, 1.82) is 0 Å². The summed E-state index contributed by atoms with van der Waals surface area (Å²) in [5, 5.41) is 11.7. The molecular weight excluding hydrogens is 950 g/mol. The fourth-order valence-corrected chi connectivity index (χ4v) is 8.69. The Hall–Kier alpha value is -7.13. The Morgan fingerprint density at radius 2 is 1.14 bits per heavy atom. The number of phenolic OH excluding ortho intramolecular Hbond substituents is 1. The maximum absolute atomic E-state index is 11.7. The standard InChI is InChI=1S/C58H44N3O.Pt/c1-4-40-36-50(27-28-51(40)45-19-12-7-13-20-45)61-55-22-14-21-52(56(55)60-58(61)53-32-38(2)31-39(3)57(53)62)48-33-47(42-17-10-6-11-18-42)34-49(35-48)54-37-46(29-30-59-54)44-25-23-43(24-26-44)41-15-8-5-9-16-41;/h5-34,36-37,62H,4H2,1-3H3;/q-1;. The van der Waals surface area contributed by atoms with Gasteiger partial charge >= 0.3 is 0 Å². The zero-order valence-corrected chi connectivity index (χ0v) is 37.6. The number of hydrogen-bond donors (Lipinski definition) is 1. The van der Waals surface area contributed by atoms with Crippen molar-refractivity contribution in [2.45, 2.75) is 27.2 Å². The van der Waals surface area contributed by atoms with Crippen LogP contribution < -0.4 is 0 Å². The fourth-order valence-electron chi connectivity index (χ4n) is 8.69. The van der Waals surface area contributed by atoms with E-state index in [1.807, 2.05) is 37.4 Å². The van der Waals surface area contributed by atoms with Crippen molar-refractivity contribution in [2.24, 2.45) is 0 Å². The SMILES string of the molecule is CCc1cc(-n2c(-c3cc(C)cc(C)c3O)nc3c(-c4[c-]c(-c5cc(-c6ccc(-c7ccccc7)cc6)ccn5)cc(-c5ccccc5)c4)cccc32)ccc1-c1ccccc1.[Pt]. The van der Waals surface area contributed by atoms with E-state index in [0.717, 1.165) is 78.9 Å². The molecule has 0 aliphatic carbocycles. The normalized spacial score (nSPS) is 11.1. The zero-order valence-electron chi connectivity index (χ0n) is 35.3. The molecule has 0 saturated carbocycles. The summed E-state index contributed by atoms with van der Waals surface area (Å²) in [7, 11) is 0. The van der Waals surface area contributed by atoms with Crippen LogP contribution in [0.5, 0.6) is 5.75 Å². The second-order valence-electron chi connectivity index (χ2n) is 15.9. The quantitative estimate of drug-likeness (QED) is 0.147. The predicted molar refractivity (Wildman–Crippen MR) is 256 cm³/mol. The summed E-state index contributed by atoms with van der Waals surface area (Å²) in [5.74, 6) is 0.907. The molecule has 0 spiro atoms. The molecule has 0 unspecified atom stereocenters. The van der Waals surface area contributed by atoms with Crippen molar-refractivity contribution in [3.05, 3.63) is 217 Å². The Bertz CT molecular complexity index is 3230. The summed E-state index contributed by atoms with van der Waals surface area (Å²) in [6, 6.07) is 69.7. The van der Waals surface area contributed by atoms with Gasteiger partial charge < -0.3 is 5.11 Å². The Morgan fingerprint density at radius 1 is 0.524 bits per heavy atom. The van der Waals surface area contributed by atoms with Crippen LogP contribution in [0, 0.1) is 19.9 Å². The molecule has 308 valence electrons. The number of imidazole rings is 1. The molecule has 10 rings (SSSR count). The molecule has 0 amide bonds. The van der Waals surface area contributed by atoms with Gasteiger partial charge in [0.15, 0.2) is 0 Å². The summed E-state index contributed by atoms with van der Waals surface area (Å²) in [6.45, 7) is 6.21. The number of pyridine rings is 1. The summed E-state index contributed by atoms with van der Waals surface area (Å²) < 4.78 is 2.21. The molecule has 8 aromatic carbocycles. The zero-order chi connectivity index (χ0) is 42.2. The summed E-state index contributed by atoms with van der Waals surface area (Å²) in [4.78, 5) is 10.4. The van der Waals surface area contributed by atoms with E-state index in [1.54, 1.807) is 0 Å². The van der Waals surface area contributed by atoms with Gasteiger partial charge in [-0.25, -0.2) is 4.98 Å². The van der Waals surface area contributed by atoms with Crippen LogP contribution in [0.4, 0.5) is 0 Å². The number of para-hydroxylation sites is 1. The van der Waals surface area contributed by atoms with E-state index in [2.05, 4.69) is 188 Å². The molecule has 2 heterocycles. The van der Waals surface area contributed by atoms with Crippen molar-refractivity contribution in [3.8, 4) is 89.7 Å². The second kappa shape index (κ2) is 17.7. The minimum absolute atomic E-state index is 0. The van der Waals surface area contributed by atoms with E-state index in [4.69, 9.17) is 9.97 Å². The first-order valence-corrected chi connectivity index (χ1v) is 21.2. The van der Waals surface area contributed by atoms with Gasteiger partial charge in [0, 0.05) is 38.6 Å². The predicted octanol–water partition coefficient (Wildman–Crippen LogP) is 14.8. The number of hydrogen-bond acceptors (Lipinski definition) is 3.